The number of ether oxygens (including phenoxy) is 1. The Morgan fingerprint density at radius 3 is 2.10 bits per heavy atom. The fourth-order valence-electron chi connectivity index (χ4n) is 2.98. The number of aromatic nitrogens is 1. The number of methoxy groups -OCH3 is 1. The highest BCUT2D eigenvalue weighted by Crippen LogP contribution is 2.39. The van der Waals surface area contributed by atoms with Crippen LogP contribution in [0.15, 0.2) is 75.1 Å². The van der Waals surface area contributed by atoms with Crippen LogP contribution < -0.4 is 9.64 Å². The number of hydrogen-bond donors (Lipinski definition) is 0. The standard InChI is InChI=1S/C22H22N6OS2/c1-4-28(5-2)17-10-6-15(7-11-17)25-27-22-23-21-19(30-22)14-20(31-21)26-24-16-8-12-18(29-3)13-9-16/h6-14H,4-5H2,1-3H3. The molecule has 9 heteroatoms. The molecule has 0 fully saturated rings. The minimum atomic E-state index is 0.632. The molecule has 158 valence electrons. The van der Waals surface area contributed by atoms with Crippen LogP contribution in [0.25, 0.3) is 9.53 Å². The van der Waals surface area contributed by atoms with Crippen LogP contribution in [0.4, 0.5) is 27.2 Å². The van der Waals surface area contributed by atoms with E-state index in [9.17, 15) is 0 Å². The number of thiophene rings is 1. The third-order valence-electron chi connectivity index (χ3n) is 4.63. The Morgan fingerprint density at radius 1 is 0.839 bits per heavy atom. The predicted molar refractivity (Wildman–Crippen MR) is 129 cm³/mol. The van der Waals surface area contributed by atoms with Crippen LogP contribution >= 0.6 is 22.7 Å². The quantitative estimate of drug-likeness (QED) is 0.255. The fourth-order valence-corrected chi connectivity index (χ4v) is 4.83. The maximum atomic E-state index is 5.15. The van der Waals surface area contributed by atoms with E-state index in [1.54, 1.807) is 7.11 Å². The molecule has 0 N–H and O–H groups in total. The van der Waals surface area contributed by atoms with E-state index in [0.717, 1.165) is 44.7 Å². The molecule has 4 rings (SSSR count). The largest absolute Gasteiger partial charge is 0.497 e. The highest BCUT2D eigenvalue weighted by atomic mass is 32.1. The summed E-state index contributed by atoms with van der Waals surface area (Å²) >= 11 is 2.98. The van der Waals surface area contributed by atoms with Crippen LogP contribution in [0.1, 0.15) is 13.8 Å². The molecule has 0 amide bonds. The van der Waals surface area contributed by atoms with Crippen molar-refractivity contribution in [2.75, 3.05) is 25.1 Å². The van der Waals surface area contributed by atoms with Gasteiger partial charge in [0.2, 0.25) is 5.13 Å². The molecule has 0 bridgehead atoms. The number of anilines is 1. The number of azo groups is 2. The lowest BCUT2D eigenvalue weighted by molar-refractivity contribution is 0.415. The van der Waals surface area contributed by atoms with E-state index in [1.165, 1.54) is 28.4 Å². The second kappa shape index (κ2) is 9.76. The highest BCUT2D eigenvalue weighted by Gasteiger charge is 2.08. The van der Waals surface area contributed by atoms with Crippen LogP contribution in [0.3, 0.4) is 0 Å². The van der Waals surface area contributed by atoms with E-state index in [0.29, 0.717) is 5.13 Å². The maximum absolute atomic E-state index is 5.15. The van der Waals surface area contributed by atoms with E-state index < -0.39 is 0 Å². The van der Waals surface area contributed by atoms with Gasteiger partial charge in [0.25, 0.3) is 0 Å². The Bertz CT molecular complexity index is 1160. The highest BCUT2D eigenvalue weighted by molar-refractivity contribution is 7.30. The van der Waals surface area contributed by atoms with Crippen molar-refractivity contribution < 1.29 is 4.74 Å². The Morgan fingerprint density at radius 2 is 1.48 bits per heavy atom. The van der Waals surface area contributed by atoms with Crippen molar-refractivity contribution in [3.63, 3.8) is 0 Å². The number of thiazole rings is 1. The zero-order valence-electron chi connectivity index (χ0n) is 17.5. The van der Waals surface area contributed by atoms with Gasteiger partial charge >= 0.3 is 0 Å². The lowest BCUT2D eigenvalue weighted by atomic mass is 10.2. The van der Waals surface area contributed by atoms with Crippen molar-refractivity contribution in [3.8, 4) is 5.75 Å². The summed E-state index contributed by atoms with van der Waals surface area (Å²) in [7, 11) is 1.64. The second-order valence-electron chi connectivity index (χ2n) is 6.54. The smallest absolute Gasteiger partial charge is 0.231 e. The van der Waals surface area contributed by atoms with Gasteiger partial charge in [0.1, 0.15) is 15.6 Å². The van der Waals surface area contributed by atoms with E-state index in [2.05, 4.69) is 56.3 Å². The van der Waals surface area contributed by atoms with Crippen LogP contribution in [0.2, 0.25) is 0 Å². The molecule has 0 aliphatic rings. The van der Waals surface area contributed by atoms with Crippen molar-refractivity contribution >= 4 is 59.4 Å². The molecule has 2 aromatic carbocycles. The first-order valence-electron chi connectivity index (χ1n) is 9.91. The van der Waals surface area contributed by atoms with Gasteiger partial charge < -0.3 is 9.64 Å². The Balaban J connectivity index is 1.43. The lowest BCUT2D eigenvalue weighted by Gasteiger charge is -2.20. The molecule has 2 aromatic heterocycles. The van der Waals surface area contributed by atoms with Crippen LogP contribution in [0, 0.1) is 0 Å². The van der Waals surface area contributed by atoms with Gasteiger partial charge in [-0.1, -0.05) is 22.7 Å². The summed E-state index contributed by atoms with van der Waals surface area (Å²) in [6.07, 6.45) is 0. The summed E-state index contributed by atoms with van der Waals surface area (Å²) in [5, 5.41) is 18.6. The first-order chi connectivity index (χ1) is 15.2. The van der Waals surface area contributed by atoms with E-state index in [4.69, 9.17) is 4.74 Å². The molecule has 0 aliphatic carbocycles. The lowest BCUT2D eigenvalue weighted by Crippen LogP contribution is -2.21. The summed E-state index contributed by atoms with van der Waals surface area (Å²) in [6, 6.07) is 17.5. The fraction of sp³-hybridized carbons (Fsp3) is 0.227. The maximum Gasteiger partial charge on any atom is 0.231 e. The van der Waals surface area contributed by atoms with Crippen molar-refractivity contribution in [2.45, 2.75) is 13.8 Å². The van der Waals surface area contributed by atoms with Gasteiger partial charge in [-0.05, 0) is 68.4 Å². The third-order valence-corrected chi connectivity index (χ3v) is 6.56. The molecule has 0 saturated carbocycles. The molecule has 7 nitrogen and oxygen atoms in total. The minimum Gasteiger partial charge on any atom is -0.497 e. The topological polar surface area (TPSA) is 74.8 Å². The van der Waals surface area contributed by atoms with E-state index >= 15 is 0 Å². The summed E-state index contributed by atoms with van der Waals surface area (Å²) in [4.78, 5) is 7.73. The molecule has 0 atom stereocenters. The van der Waals surface area contributed by atoms with Crippen molar-refractivity contribution in [1.29, 1.82) is 0 Å². The van der Waals surface area contributed by atoms with Gasteiger partial charge in [0.15, 0.2) is 0 Å². The zero-order valence-corrected chi connectivity index (χ0v) is 19.2. The van der Waals surface area contributed by atoms with Gasteiger partial charge in [0.05, 0.1) is 23.2 Å². The molecule has 0 aliphatic heterocycles. The number of rotatable bonds is 8. The first kappa shape index (κ1) is 21.1. The summed E-state index contributed by atoms with van der Waals surface area (Å²) in [6.45, 7) is 6.26. The monoisotopic (exact) mass is 450 g/mol. The molecule has 0 unspecified atom stereocenters. The van der Waals surface area contributed by atoms with Gasteiger partial charge in [-0.15, -0.1) is 20.5 Å². The molecular formula is C22H22N6OS2. The number of nitrogens with zero attached hydrogens (tertiary/aromatic N) is 6. The van der Waals surface area contributed by atoms with Gasteiger partial charge in [-0.2, -0.15) is 0 Å². The van der Waals surface area contributed by atoms with Crippen LogP contribution in [0.5, 0.6) is 5.75 Å². The van der Waals surface area contributed by atoms with E-state index in [-0.39, 0.29) is 0 Å². The molecule has 0 saturated heterocycles. The molecule has 0 radical (unpaired) electrons. The van der Waals surface area contributed by atoms with Crippen molar-refractivity contribution in [3.05, 3.63) is 54.6 Å². The Labute approximate surface area is 188 Å². The molecule has 2 heterocycles. The summed E-state index contributed by atoms with van der Waals surface area (Å²) in [5.41, 5.74) is 2.77. The molecular weight excluding hydrogens is 428 g/mol. The minimum absolute atomic E-state index is 0.632. The van der Waals surface area contributed by atoms with Crippen LogP contribution in [-0.2, 0) is 0 Å². The summed E-state index contributed by atoms with van der Waals surface area (Å²) in [5.74, 6) is 0.793. The normalized spacial score (nSPS) is 11.7. The average molecular weight is 451 g/mol. The Kier molecular flexibility index (Phi) is 6.63. The van der Waals surface area contributed by atoms with Crippen molar-refractivity contribution in [1.82, 2.24) is 4.98 Å². The van der Waals surface area contributed by atoms with Gasteiger partial charge in [-0.25, -0.2) is 4.98 Å². The number of benzene rings is 2. The van der Waals surface area contributed by atoms with Crippen LogP contribution in [-0.4, -0.2) is 25.2 Å². The zero-order chi connectivity index (χ0) is 21.6. The number of hydrogen-bond acceptors (Lipinski definition) is 9. The first-order valence-corrected chi connectivity index (χ1v) is 11.5. The number of fused-ring (bicyclic) bond motifs is 1. The predicted octanol–water partition coefficient (Wildman–Crippen LogP) is 8.04. The molecule has 0 spiro atoms. The third kappa shape index (κ3) is 5.12. The average Bonchev–Trinajstić information content (AvgIpc) is 3.37. The molecule has 31 heavy (non-hydrogen) atoms. The van der Waals surface area contributed by atoms with Gasteiger partial charge in [-0.3, -0.25) is 0 Å². The second-order valence-corrected chi connectivity index (χ2v) is 8.56. The Hall–Kier alpha value is -3.17. The van der Waals surface area contributed by atoms with Gasteiger partial charge in [0, 0.05) is 18.8 Å². The van der Waals surface area contributed by atoms with E-state index in [1.807, 2.05) is 42.5 Å². The SMILES string of the molecule is CCN(CC)c1ccc(N=Nc2nc3sc(N=Nc4ccc(OC)cc4)cc3s2)cc1. The summed E-state index contributed by atoms with van der Waals surface area (Å²) < 4.78 is 6.18. The van der Waals surface area contributed by atoms with Crippen molar-refractivity contribution in [2.24, 2.45) is 20.5 Å². The molecule has 4 aromatic rings.